The summed E-state index contributed by atoms with van der Waals surface area (Å²) in [5, 5.41) is 0.525. The molecule has 1 heterocycles. The number of halogens is 1. The SMILES string of the molecule is COc1ccc(N2C(=O)C(C)CS2(=O)=O)cc1S(=O)(=O)NCc1ccc(Cl)cc1. The van der Waals surface area contributed by atoms with Crippen LogP contribution in [0.25, 0.3) is 0 Å². The molecule has 11 heteroatoms. The number of carbonyl (C=O) groups is 1. The summed E-state index contributed by atoms with van der Waals surface area (Å²) in [5.41, 5.74) is 0.631. The molecule has 0 spiro atoms. The molecule has 0 saturated carbocycles. The van der Waals surface area contributed by atoms with Crippen LogP contribution in [0.4, 0.5) is 5.69 Å². The van der Waals surface area contributed by atoms with Crippen LogP contribution >= 0.6 is 11.6 Å². The summed E-state index contributed by atoms with van der Waals surface area (Å²) in [4.78, 5) is 12.0. The van der Waals surface area contributed by atoms with Crippen molar-refractivity contribution in [2.24, 2.45) is 5.92 Å². The van der Waals surface area contributed by atoms with Gasteiger partial charge in [-0.2, -0.15) is 0 Å². The van der Waals surface area contributed by atoms with Gasteiger partial charge in [-0.3, -0.25) is 4.79 Å². The minimum absolute atomic E-state index is 0.00907. The average molecular weight is 459 g/mol. The molecule has 1 aliphatic rings. The largest absolute Gasteiger partial charge is 0.495 e. The highest BCUT2D eigenvalue weighted by atomic mass is 35.5. The quantitative estimate of drug-likeness (QED) is 0.710. The molecule has 1 fully saturated rings. The second-order valence-corrected chi connectivity index (χ2v) is 10.6. The predicted octanol–water partition coefficient (Wildman–Crippen LogP) is 2.14. The first kappa shape index (κ1) is 21.6. The van der Waals surface area contributed by atoms with Crippen molar-refractivity contribution in [2.45, 2.75) is 18.4 Å². The molecule has 0 radical (unpaired) electrons. The number of methoxy groups -OCH3 is 1. The molecule has 1 amide bonds. The first-order valence-electron chi connectivity index (χ1n) is 8.54. The standard InChI is InChI=1S/C18H19ClN2O6S2/c1-12-11-28(23,24)21(18(12)22)15-7-8-16(27-2)17(9-15)29(25,26)20-10-13-3-5-14(19)6-4-13/h3-9,12,20H,10-11H2,1-2H3. The van der Waals surface area contributed by atoms with Crippen molar-refractivity contribution < 1.29 is 26.4 Å². The smallest absolute Gasteiger partial charge is 0.244 e. The topological polar surface area (TPSA) is 110 Å². The molecule has 1 atom stereocenters. The number of sulfonamides is 2. The van der Waals surface area contributed by atoms with E-state index >= 15 is 0 Å². The van der Waals surface area contributed by atoms with E-state index in [-0.39, 0.29) is 28.6 Å². The molecular weight excluding hydrogens is 440 g/mol. The number of amides is 1. The zero-order valence-electron chi connectivity index (χ0n) is 15.6. The van der Waals surface area contributed by atoms with Gasteiger partial charge in [0, 0.05) is 11.6 Å². The molecule has 2 aromatic carbocycles. The highest BCUT2D eigenvalue weighted by Crippen LogP contribution is 2.33. The molecule has 1 unspecified atom stereocenters. The molecule has 0 aromatic heterocycles. The summed E-state index contributed by atoms with van der Waals surface area (Å²) in [6.45, 7) is 1.50. The van der Waals surface area contributed by atoms with Crippen molar-refractivity contribution in [3.05, 3.63) is 53.1 Å². The Morgan fingerprint density at radius 3 is 2.41 bits per heavy atom. The first-order chi connectivity index (χ1) is 13.5. The van der Waals surface area contributed by atoms with Gasteiger partial charge < -0.3 is 4.74 Å². The summed E-state index contributed by atoms with van der Waals surface area (Å²) in [6, 6.07) is 10.4. The second kappa shape index (κ2) is 7.94. The molecule has 1 N–H and O–H groups in total. The molecule has 1 saturated heterocycles. The number of rotatable bonds is 6. The summed E-state index contributed by atoms with van der Waals surface area (Å²) >= 11 is 5.83. The zero-order valence-corrected chi connectivity index (χ0v) is 18.0. The van der Waals surface area contributed by atoms with Crippen LogP contribution in [0, 0.1) is 5.92 Å². The van der Waals surface area contributed by atoms with Gasteiger partial charge in [-0.25, -0.2) is 25.9 Å². The summed E-state index contributed by atoms with van der Waals surface area (Å²) in [6.07, 6.45) is 0. The van der Waals surface area contributed by atoms with E-state index in [1.807, 2.05) is 0 Å². The van der Waals surface area contributed by atoms with E-state index in [0.717, 1.165) is 6.07 Å². The van der Waals surface area contributed by atoms with Crippen LogP contribution in [0.2, 0.25) is 5.02 Å². The number of hydrogen-bond donors (Lipinski definition) is 1. The fourth-order valence-electron chi connectivity index (χ4n) is 2.95. The molecule has 1 aliphatic heterocycles. The Hall–Kier alpha value is -2.14. The lowest BCUT2D eigenvalue weighted by atomic mass is 10.2. The molecule has 0 aliphatic carbocycles. The van der Waals surface area contributed by atoms with Crippen LogP contribution in [-0.2, 0) is 31.4 Å². The fourth-order valence-corrected chi connectivity index (χ4v) is 6.09. The van der Waals surface area contributed by atoms with E-state index in [0.29, 0.717) is 14.9 Å². The Bertz CT molecular complexity index is 1150. The molecule has 156 valence electrons. The minimum atomic E-state index is -4.07. The van der Waals surface area contributed by atoms with Gasteiger partial charge in [0.2, 0.25) is 26.0 Å². The lowest BCUT2D eigenvalue weighted by molar-refractivity contribution is -0.119. The number of hydrogen-bond acceptors (Lipinski definition) is 6. The number of anilines is 1. The minimum Gasteiger partial charge on any atom is -0.495 e. The van der Waals surface area contributed by atoms with Gasteiger partial charge in [-0.15, -0.1) is 0 Å². The van der Waals surface area contributed by atoms with Crippen LogP contribution in [0.5, 0.6) is 5.75 Å². The Kier molecular flexibility index (Phi) is 5.91. The zero-order chi connectivity index (χ0) is 21.4. The Morgan fingerprint density at radius 2 is 1.86 bits per heavy atom. The van der Waals surface area contributed by atoms with Crippen LogP contribution in [0.1, 0.15) is 12.5 Å². The van der Waals surface area contributed by atoms with Crippen LogP contribution in [-0.4, -0.2) is 35.6 Å². The van der Waals surface area contributed by atoms with Crippen LogP contribution in [0.15, 0.2) is 47.4 Å². The van der Waals surface area contributed by atoms with Crippen molar-refractivity contribution in [2.75, 3.05) is 17.2 Å². The number of nitrogens with one attached hydrogen (secondary N) is 1. The average Bonchev–Trinajstić information content (AvgIpc) is 2.87. The predicted molar refractivity (Wildman–Crippen MR) is 109 cm³/mol. The van der Waals surface area contributed by atoms with Gasteiger partial charge in [-0.1, -0.05) is 30.7 Å². The third-order valence-corrected chi connectivity index (χ3v) is 7.95. The number of carbonyl (C=O) groups excluding carboxylic acids is 1. The van der Waals surface area contributed by atoms with E-state index in [1.54, 1.807) is 24.3 Å². The Balaban J connectivity index is 1.96. The molecule has 8 nitrogen and oxygen atoms in total. The summed E-state index contributed by atoms with van der Waals surface area (Å²) in [7, 11) is -6.64. The highest BCUT2D eigenvalue weighted by molar-refractivity contribution is 7.94. The lowest BCUT2D eigenvalue weighted by Gasteiger charge is -2.18. The van der Waals surface area contributed by atoms with Gasteiger partial charge in [0.1, 0.15) is 10.6 Å². The van der Waals surface area contributed by atoms with Crippen molar-refractivity contribution in [1.29, 1.82) is 0 Å². The Labute approximate surface area is 174 Å². The molecule has 2 aromatic rings. The van der Waals surface area contributed by atoms with E-state index in [1.165, 1.54) is 26.2 Å². The van der Waals surface area contributed by atoms with E-state index in [4.69, 9.17) is 16.3 Å². The first-order valence-corrected chi connectivity index (χ1v) is 12.0. The van der Waals surface area contributed by atoms with E-state index < -0.39 is 31.9 Å². The Morgan fingerprint density at radius 1 is 1.21 bits per heavy atom. The van der Waals surface area contributed by atoms with Crippen molar-refractivity contribution >= 4 is 43.2 Å². The van der Waals surface area contributed by atoms with Gasteiger partial charge in [0.15, 0.2) is 0 Å². The van der Waals surface area contributed by atoms with Gasteiger partial charge in [0.25, 0.3) is 0 Å². The second-order valence-electron chi connectivity index (χ2n) is 6.57. The van der Waals surface area contributed by atoms with Gasteiger partial charge in [0.05, 0.1) is 24.5 Å². The molecule has 3 rings (SSSR count). The maximum absolute atomic E-state index is 12.9. The van der Waals surface area contributed by atoms with Gasteiger partial charge in [-0.05, 0) is 35.9 Å². The van der Waals surface area contributed by atoms with E-state index in [9.17, 15) is 21.6 Å². The van der Waals surface area contributed by atoms with Gasteiger partial charge >= 0.3 is 0 Å². The number of ether oxygens (including phenoxy) is 1. The number of nitrogens with zero attached hydrogens (tertiary/aromatic N) is 1. The van der Waals surface area contributed by atoms with Crippen LogP contribution in [0.3, 0.4) is 0 Å². The molecule has 0 bridgehead atoms. The number of benzene rings is 2. The highest BCUT2D eigenvalue weighted by Gasteiger charge is 2.42. The van der Waals surface area contributed by atoms with Crippen molar-refractivity contribution in [3.8, 4) is 5.75 Å². The maximum Gasteiger partial charge on any atom is 0.244 e. The third kappa shape index (κ3) is 4.40. The van der Waals surface area contributed by atoms with Crippen molar-refractivity contribution in [3.63, 3.8) is 0 Å². The van der Waals surface area contributed by atoms with E-state index in [2.05, 4.69) is 4.72 Å². The lowest BCUT2D eigenvalue weighted by Crippen LogP contribution is -2.31. The summed E-state index contributed by atoms with van der Waals surface area (Å²) < 4.78 is 58.6. The summed E-state index contributed by atoms with van der Waals surface area (Å²) in [5.74, 6) is -1.61. The van der Waals surface area contributed by atoms with Crippen LogP contribution < -0.4 is 13.8 Å². The molecular formula is C18H19ClN2O6S2. The fraction of sp³-hybridized carbons (Fsp3) is 0.278. The maximum atomic E-state index is 12.9. The monoisotopic (exact) mass is 458 g/mol. The molecule has 29 heavy (non-hydrogen) atoms. The third-order valence-electron chi connectivity index (χ3n) is 4.41. The normalized spacial score (nSPS) is 18.8. The van der Waals surface area contributed by atoms with Crippen molar-refractivity contribution in [1.82, 2.24) is 4.72 Å².